The highest BCUT2D eigenvalue weighted by Gasteiger charge is 2.18. The molecule has 1 atom stereocenters. The molecule has 1 heterocycles. The van der Waals surface area contributed by atoms with Crippen molar-refractivity contribution in [2.75, 3.05) is 7.11 Å². The predicted octanol–water partition coefficient (Wildman–Crippen LogP) is 2.96. The molecule has 1 unspecified atom stereocenters. The Morgan fingerprint density at radius 3 is 2.78 bits per heavy atom. The van der Waals surface area contributed by atoms with E-state index < -0.39 is 11.9 Å². The molecule has 0 spiro atoms. The second-order valence-electron chi connectivity index (χ2n) is 3.69. The second-order valence-corrected chi connectivity index (χ2v) is 4.09. The molecule has 2 aromatic rings. The molecule has 1 aromatic heterocycles. The van der Waals surface area contributed by atoms with Crippen molar-refractivity contribution in [3.63, 3.8) is 0 Å². The molecule has 0 saturated heterocycles. The van der Waals surface area contributed by atoms with Gasteiger partial charge in [-0.3, -0.25) is 4.98 Å². The van der Waals surface area contributed by atoms with Crippen LogP contribution in [0.15, 0.2) is 36.7 Å². The SMILES string of the molecule is COc1ccc(F)cc1C(O)c1ccncc1Cl. The lowest BCUT2D eigenvalue weighted by atomic mass is 10.0. The number of rotatable bonds is 3. The van der Waals surface area contributed by atoms with E-state index in [1.165, 1.54) is 37.7 Å². The van der Waals surface area contributed by atoms with Crippen LogP contribution in [-0.4, -0.2) is 17.2 Å². The Kier molecular flexibility index (Phi) is 3.79. The summed E-state index contributed by atoms with van der Waals surface area (Å²) >= 11 is 5.95. The summed E-state index contributed by atoms with van der Waals surface area (Å²) in [5.41, 5.74) is 0.779. The minimum absolute atomic E-state index is 0.316. The number of halogens is 2. The maximum atomic E-state index is 13.2. The Labute approximate surface area is 109 Å². The van der Waals surface area contributed by atoms with E-state index in [9.17, 15) is 9.50 Å². The van der Waals surface area contributed by atoms with Gasteiger partial charge in [-0.05, 0) is 24.3 Å². The maximum absolute atomic E-state index is 13.2. The number of aromatic nitrogens is 1. The zero-order chi connectivity index (χ0) is 13.1. The van der Waals surface area contributed by atoms with Gasteiger partial charge in [-0.15, -0.1) is 0 Å². The van der Waals surface area contributed by atoms with Crippen molar-refractivity contribution in [3.05, 3.63) is 58.6 Å². The quantitative estimate of drug-likeness (QED) is 0.930. The smallest absolute Gasteiger partial charge is 0.125 e. The lowest BCUT2D eigenvalue weighted by Gasteiger charge is -2.16. The van der Waals surface area contributed by atoms with Gasteiger partial charge in [0.25, 0.3) is 0 Å². The number of aliphatic hydroxyl groups excluding tert-OH is 1. The normalized spacial score (nSPS) is 12.2. The summed E-state index contributed by atoms with van der Waals surface area (Å²) in [5, 5.41) is 10.6. The van der Waals surface area contributed by atoms with Gasteiger partial charge in [0.2, 0.25) is 0 Å². The minimum Gasteiger partial charge on any atom is -0.496 e. The number of aliphatic hydroxyl groups is 1. The highest BCUT2D eigenvalue weighted by atomic mass is 35.5. The highest BCUT2D eigenvalue weighted by Crippen LogP contribution is 2.33. The van der Waals surface area contributed by atoms with Gasteiger partial charge in [-0.25, -0.2) is 4.39 Å². The molecule has 18 heavy (non-hydrogen) atoms. The van der Waals surface area contributed by atoms with Gasteiger partial charge >= 0.3 is 0 Å². The number of methoxy groups -OCH3 is 1. The van der Waals surface area contributed by atoms with Gasteiger partial charge < -0.3 is 9.84 Å². The third-order valence-electron chi connectivity index (χ3n) is 2.58. The Hall–Kier alpha value is -1.65. The zero-order valence-electron chi connectivity index (χ0n) is 9.60. The van der Waals surface area contributed by atoms with Gasteiger partial charge in [0.05, 0.1) is 12.1 Å². The van der Waals surface area contributed by atoms with Crippen LogP contribution < -0.4 is 4.74 Å². The van der Waals surface area contributed by atoms with Crippen LogP contribution in [0.5, 0.6) is 5.75 Å². The first kappa shape index (κ1) is 12.8. The van der Waals surface area contributed by atoms with Gasteiger partial charge in [0.1, 0.15) is 17.7 Å². The molecule has 0 aliphatic heterocycles. The van der Waals surface area contributed by atoms with Crippen molar-refractivity contribution in [2.24, 2.45) is 0 Å². The van der Waals surface area contributed by atoms with E-state index in [1.807, 2.05) is 0 Å². The second kappa shape index (κ2) is 5.33. The Balaban J connectivity index is 2.48. The molecule has 0 bridgehead atoms. The molecule has 0 aliphatic carbocycles. The predicted molar refractivity (Wildman–Crippen MR) is 66.3 cm³/mol. The topological polar surface area (TPSA) is 42.4 Å². The third kappa shape index (κ3) is 2.44. The molecule has 94 valence electrons. The number of hydrogen-bond donors (Lipinski definition) is 1. The monoisotopic (exact) mass is 267 g/mol. The fourth-order valence-electron chi connectivity index (χ4n) is 1.69. The summed E-state index contributed by atoms with van der Waals surface area (Å²) in [5.74, 6) is -0.0493. The van der Waals surface area contributed by atoms with Crippen LogP contribution in [0.3, 0.4) is 0 Å². The van der Waals surface area contributed by atoms with E-state index >= 15 is 0 Å². The standard InChI is InChI=1S/C13H11ClFNO2/c1-18-12-3-2-8(15)6-10(12)13(17)9-4-5-16-7-11(9)14/h2-7,13,17H,1H3. The first-order valence-corrected chi connectivity index (χ1v) is 5.62. The molecule has 0 radical (unpaired) electrons. The number of pyridine rings is 1. The Morgan fingerprint density at radius 2 is 2.11 bits per heavy atom. The fraction of sp³-hybridized carbons (Fsp3) is 0.154. The molecular formula is C13H11ClFNO2. The lowest BCUT2D eigenvalue weighted by molar-refractivity contribution is 0.214. The first-order valence-electron chi connectivity index (χ1n) is 5.24. The van der Waals surface area contributed by atoms with Gasteiger partial charge in [0.15, 0.2) is 0 Å². The molecule has 0 aliphatic rings. The summed E-state index contributed by atoms with van der Waals surface area (Å²) in [6.45, 7) is 0. The van der Waals surface area contributed by atoms with Gasteiger partial charge in [0, 0.05) is 23.5 Å². The Morgan fingerprint density at radius 1 is 1.33 bits per heavy atom. The van der Waals surface area contributed by atoms with Crippen LogP contribution in [-0.2, 0) is 0 Å². The van der Waals surface area contributed by atoms with E-state index in [4.69, 9.17) is 16.3 Å². The third-order valence-corrected chi connectivity index (χ3v) is 2.90. The summed E-state index contributed by atoms with van der Waals surface area (Å²) in [6.07, 6.45) is 1.87. The molecular weight excluding hydrogens is 257 g/mol. The lowest BCUT2D eigenvalue weighted by Crippen LogP contribution is -2.04. The van der Waals surface area contributed by atoms with Crippen LogP contribution in [0.2, 0.25) is 5.02 Å². The number of hydrogen-bond acceptors (Lipinski definition) is 3. The van der Waals surface area contributed by atoms with Crippen LogP contribution in [0.1, 0.15) is 17.2 Å². The summed E-state index contributed by atoms with van der Waals surface area (Å²) in [4.78, 5) is 3.83. The summed E-state index contributed by atoms with van der Waals surface area (Å²) < 4.78 is 18.3. The fourth-order valence-corrected chi connectivity index (χ4v) is 1.92. The van der Waals surface area contributed by atoms with Crippen molar-refractivity contribution < 1.29 is 14.2 Å². The molecule has 5 heteroatoms. The van der Waals surface area contributed by atoms with Gasteiger partial charge in [-0.2, -0.15) is 0 Å². The van der Waals surface area contributed by atoms with Gasteiger partial charge in [-0.1, -0.05) is 11.6 Å². The first-order chi connectivity index (χ1) is 8.63. The zero-order valence-corrected chi connectivity index (χ0v) is 10.4. The highest BCUT2D eigenvalue weighted by molar-refractivity contribution is 6.31. The van der Waals surface area contributed by atoms with Crippen LogP contribution in [0, 0.1) is 5.82 Å². The summed E-state index contributed by atoms with van der Waals surface area (Å²) in [6, 6.07) is 5.53. The van der Waals surface area contributed by atoms with Crippen molar-refractivity contribution in [3.8, 4) is 5.75 Å². The van der Waals surface area contributed by atoms with Crippen molar-refractivity contribution in [1.82, 2.24) is 4.98 Å². The molecule has 2 rings (SSSR count). The van der Waals surface area contributed by atoms with Crippen LogP contribution in [0.25, 0.3) is 0 Å². The molecule has 0 fully saturated rings. The van der Waals surface area contributed by atoms with E-state index in [-0.39, 0.29) is 0 Å². The van der Waals surface area contributed by atoms with Crippen molar-refractivity contribution in [1.29, 1.82) is 0 Å². The minimum atomic E-state index is -1.06. The van der Waals surface area contributed by atoms with E-state index in [0.29, 0.717) is 21.9 Å². The maximum Gasteiger partial charge on any atom is 0.125 e. The van der Waals surface area contributed by atoms with E-state index in [1.54, 1.807) is 6.07 Å². The van der Waals surface area contributed by atoms with Crippen molar-refractivity contribution >= 4 is 11.6 Å². The average Bonchev–Trinajstić information content (AvgIpc) is 2.38. The average molecular weight is 268 g/mol. The molecule has 0 saturated carbocycles. The molecule has 1 aromatic carbocycles. The number of benzene rings is 1. The number of ether oxygens (including phenoxy) is 1. The largest absolute Gasteiger partial charge is 0.496 e. The van der Waals surface area contributed by atoms with E-state index in [2.05, 4.69) is 4.98 Å². The Bertz CT molecular complexity index is 562. The van der Waals surface area contributed by atoms with E-state index in [0.717, 1.165) is 0 Å². The molecule has 3 nitrogen and oxygen atoms in total. The number of nitrogens with zero attached hydrogens (tertiary/aromatic N) is 1. The van der Waals surface area contributed by atoms with Crippen LogP contribution >= 0.6 is 11.6 Å². The molecule has 0 amide bonds. The van der Waals surface area contributed by atoms with Crippen LogP contribution in [0.4, 0.5) is 4.39 Å². The molecule has 1 N–H and O–H groups in total. The summed E-state index contributed by atoms with van der Waals surface area (Å²) in [7, 11) is 1.46. The van der Waals surface area contributed by atoms with Crippen molar-refractivity contribution in [2.45, 2.75) is 6.10 Å².